The van der Waals surface area contributed by atoms with E-state index in [1.807, 2.05) is 6.08 Å². The van der Waals surface area contributed by atoms with Crippen LogP contribution in [-0.4, -0.2) is 67.9 Å². The lowest BCUT2D eigenvalue weighted by Gasteiger charge is -2.33. The Hall–Kier alpha value is -2.05. The molecule has 2 saturated heterocycles. The number of hydrogen-bond donors (Lipinski definition) is 3. The standard InChI is InChI=1S/C24H39N5O/c1-3-13-28-14-11-22(12-15-28)27-24(25-4-2)26-18-20-5-7-23(8-6-20)29-16-9-21(19-30)10-17-29/h3,5-8,21-22,30H,1,4,9-19H2,2H3,(H2,25,26,27). The highest BCUT2D eigenvalue weighted by molar-refractivity contribution is 5.80. The van der Waals surface area contributed by atoms with E-state index in [2.05, 4.69) is 58.2 Å². The summed E-state index contributed by atoms with van der Waals surface area (Å²) in [5, 5.41) is 16.3. The van der Waals surface area contributed by atoms with Crippen LogP contribution in [0.4, 0.5) is 5.69 Å². The van der Waals surface area contributed by atoms with Gasteiger partial charge < -0.3 is 20.6 Å². The molecule has 2 heterocycles. The second-order valence-corrected chi connectivity index (χ2v) is 8.48. The van der Waals surface area contributed by atoms with E-state index in [0.717, 1.165) is 70.9 Å². The molecule has 2 fully saturated rings. The lowest BCUT2D eigenvalue weighted by Crippen LogP contribution is -2.48. The van der Waals surface area contributed by atoms with Gasteiger partial charge in [-0.2, -0.15) is 0 Å². The van der Waals surface area contributed by atoms with Gasteiger partial charge in [0.2, 0.25) is 0 Å². The quantitative estimate of drug-likeness (QED) is 0.347. The van der Waals surface area contributed by atoms with Crippen molar-refractivity contribution in [1.82, 2.24) is 15.5 Å². The molecule has 166 valence electrons. The second kappa shape index (κ2) is 12.0. The van der Waals surface area contributed by atoms with Crippen molar-refractivity contribution in [3.8, 4) is 0 Å². The number of hydrogen-bond acceptors (Lipinski definition) is 4. The summed E-state index contributed by atoms with van der Waals surface area (Å²) in [4.78, 5) is 9.69. The van der Waals surface area contributed by atoms with Crippen LogP contribution in [0.25, 0.3) is 0 Å². The molecule has 0 atom stereocenters. The minimum atomic E-state index is 0.320. The molecule has 0 radical (unpaired) electrons. The summed E-state index contributed by atoms with van der Waals surface area (Å²) in [5.41, 5.74) is 2.50. The van der Waals surface area contributed by atoms with Crippen LogP contribution >= 0.6 is 0 Å². The van der Waals surface area contributed by atoms with Gasteiger partial charge in [0, 0.05) is 57.6 Å². The molecule has 2 aliphatic rings. The number of piperidine rings is 2. The van der Waals surface area contributed by atoms with E-state index in [4.69, 9.17) is 4.99 Å². The fourth-order valence-electron chi connectivity index (χ4n) is 4.31. The summed E-state index contributed by atoms with van der Waals surface area (Å²) in [6.45, 7) is 13.1. The van der Waals surface area contributed by atoms with Gasteiger partial charge in [0.1, 0.15) is 0 Å². The summed E-state index contributed by atoms with van der Waals surface area (Å²) < 4.78 is 0. The monoisotopic (exact) mass is 413 g/mol. The molecule has 6 nitrogen and oxygen atoms in total. The van der Waals surface area contributed by atoms with E-state index in [0.29, 0.717) is 25.1 Å². The number of nitrogens with zero attached hydrogens (tertiary/aromatic N) is 3. The zero-order chi connectivity index (χ0) is 21.2. The molecule has 0 aromatic heterocycles. The van der Waals surface area contributed by atoms with Crippen LogP contribution < -0.4 is 15.5 Å². The molecule has 1 aromatic rings. The number of guanidine groups is 1. The number of benzene rings is 1. The highest BCUT2D eigenvalue weighted by Crippen LogP contribution is 2.23. The zero-order valence-corrected chi connectivity index (χ0v) is 18.5. The molecule has 0 aliphatic carbocycles. The molecule has 0 bridgehead atoms. The number of likely N-dealkylation sites (tertiary alicyclic amines) is 1. The van der Waals surface area contributed by atoms with Crippen molar-refractivity contribution in [2.75, 3.05) is 50.8 Å². The van der Waals surface area contributed by atoms with E-state index >= 15 is 0 Å². The highest BCUT2D eigenvalue weighted by atomic mass is 16.3. The van der Waals surface area contributed by atoms with Crippen LogP contribution in [-0.2, 0) is 6.54 Å². The predicted octanol–water partition coefficient (Wildman–Crippen LogP) is 2.60. The molecule has 6 heteroatoms. The molecular formula is C24H39N5O. The third-order valence-corrected chi connectivity index (χ3v) is 6.25. The van der Waals surface area contributed by atoms with Gasteiger partial charge in [-0.3, -0.25) is 4.90 Å². The third kappa shape index (κ3) is 6.74. The van der Waals surface area contributed by atoms with Gasteiger partial charge in [0.05, 0.1) is 6.54 Å². The Balaban J connectivity index is 1.50. The maximum atomic E-state index is 9.32. The van der Waals surface area contributed by atoms with Crippen LogP contribution in [0.15, 0.2) is 41.9 Å². The van der Waals surface area contributed by atoms with Crippen LogP contribution in [0, 0.1) is 5.92 Å². The summed E-state index contributed by atoms with van der Waals surface area (Å²) in [7, 11) is 0. The molecule has 0 spiro atoms. The fourth-order valence-corrected chi connectivity index (χ4v) is 4.31. The first-order valence-corrected chi connectivity index (χ1v) is 11.5. The van der Waals surface area contributed by atoms with Gasteiger partial charge in [-0.15, -0.1) is 6.58 Å². The highest BCUT2D eigenvalue weighted by Gasteiger charge is 2.20. The van der Waals surface area contributed by atoms with E-state index in [-0.39, 0.29) is 0 Å². The summed E-state index contributed by atoms with van der Waals surface area (Å²) in [5.74, 6) is 1.39. The van der Waals surface area contributed by atoms with Gasteiger partial charge >= 0.3 is 0 Å². The van der Waals surface area contributed by atoms with E-state index in [9.17, 15) is 5.11 Å². The van der Waals surface area contributed by atoms with Crippen LogP contribution in [0.5, 0.6) is 0 Å². The maximum absolute atomic E-state index is 9.32. The number of anilines is 1. The maximum Gasteiger partial charge on any atom is 0.191 e. The van der Waals surface area contributed by atoms with Crippen molar-refractivity contribution in [2.24, 2.45) is 10.9 Å². The van der Waals surface area contributed by atoms with Crippen molar-refractivity contribution in [3.63, 3.8) is 0 Å². The molecule has 30 heavy (non-hydrogen) atoms. The van der Waals surface area contributed by atoms with E-state index in [1.54, 1.807) is 0 Å². The Kier molecular flexibility index (Phi) is 9.02. The van der Waals surface area contributed by atoms with Gasteiger partial charge in [-0.1, -0.05) is 18.2 Å². The summed E-state index contributed by atoms with van der Waals surface area (Å²) >= 11 is 0. The number of rotatable bonds is 8. The van der Waals surface area contributed by atoms with Crippen molar-refractivity contribution in [1.29, 1.82) is 0 Å². The molecule has 0 unspecified atom stereocenters. The molecule has 3 N–H and O–H groups in total. The SMILES string of the molecule is C=CCN1CCC(NC(=NCc2ccc(N3CCC(CO)CC3)cc2)NCC)CC1. The van der Waals surface area contributed by atoms with Crippen molar-refractivity contribution in [3.05, 3.63) is 42.5 Å². The Bertz CT molecular complexity index is 659. The van der Waals surface area contributed by atoms with E-state index < -0.39 is 0 Å². The normalized spacial score (nSPS) is 19.7. The Morgan fingerprint density at radius 3 is 2.43 bits per heavy atom. The average Bonchev–Trinajstić information content (AvgIpc) is 2.79. The van der Waals surface area contributed by atoms with Crippen LogP contribution in [0.3, 0.4) is 0 Å². The van der Waals surface area contributed by atoms with Gasteiger partial charge in [0.15, 0.2) is 5.96 Å². The van der Waals surface area contributed by atoms with Crippen LogP contribution in [0.2, 0.25) is 0 Å². The summed E-state index contributed by atoms with van der Waals surface area (Å²) in [6.07, 6.45) is 6.42. The van der Waals surface area contributed by atoms with Crippen molar-refractivity contribution in [2.45, 2.75) is 45.2 Å². The first kappa shape index (κ1) is 22.6. The molecule has 0 saturated carbocycles. The topological polar surface area (TPSA) is 63.1 Å². The Morgan fingerprint density at radius 1 is 1.13 bits per heavy atom. The van der Waals surface area contributed by atoms with Crippen molar-refractivity contribution >= 4 is 11.6 Å². The smallest absolute Gasteiger partial charge is 0.191 e. The second-order valence-electron chi connectivity index (χ2n) is 8.48. The van der Waals surface area contributed by atoms with Crippen LogP contribution in [0.1, 0.15) is 38.2 Å². The molecule has 1 aromatic carbocycles. The fraction of sp³-hybridized carbons (Fsp3) is 0.625. The molecule has 2 aliphatic heterocycles. The van der Waals surface area contributed by atoms with Gasteiger partial charge in [-0.05, 0) is 56.2 Å². The first-order valence-electron chi connectivity index (χ1n) is 11.5. The zero-order valence-electron chi connectivity index (χ0n) is 18.5. The first-order chi connectivity index (χ1) is 14.7. The third-order valence-electron chi connectivity index (χ3n) is 6.25. The number of aliphatic imine (C=N–C) groups is 1. The Morgan fingerprint density at radius 2 is 1.83 bits per heavy atom. The number of aliphatic hydroxyl groups excluding tert-OH is 1. The summed E-state index contributed by atoms with van der Waals surface area (Å²) in [6, 6.07) is 9.27. The average molecular weight is 414 g/mol. The molecule has 0 amide bonds. The molecule has 3 rings (SSSR count). The predicted molar refractivity (Wildman–Crippen MR) is 126 cm³/mol. The number of nitrogens with one attached hydrogen (secondary N) is 2. The minimum Gasteiger partial charge on any atom is -0.396 e. The lowest BCUT2D eigenvalue weighted by molar-refractivity contribution is 0.203. The minimum absolute atomic E-state index is 0.320. The van der Waals surface area contributed by atoms with Crippen molar-refractivity contribution < 1.29 is 5.11 Å². The largest absolute Gasteiger partial charge is 0.396 e. The number of aliphatic hydroxyl groups is 1. The van der Waals surface area contributed by atoms with Gasteiger partial charge in [-0.25, -0.2) is 4.99 Å². The molecular weight excluding hydrogens is 374 g/mol. The lowest BCUT2D eigenvalue weighted by atomic mass is 9.97. The van der Waals surface area contributed by atoms with E-state index in [1.165, 1.54) is 11.3 Å². The Labute approximate surface area is 182 Å². The van der Waals surface area contributed by atoms with Gasteiger partial charge in [0.25, 0.3) is 0 Å².